The minimum absolute atomic E-state index is 0.237. The average Bonchev–Trinajstić information content (AvgIpc) is 3.62. The second kappa shape index (κ2) is 9.80. The molecule has 1 aliphatic rings. The Morgan fingerprint density at radius 3 is 1.70 bits per heavy atom. The van der Waals surface area contributed by atoms with Crippen molar-refractivity contribution >= 4 is 49.3 Å². The highest BCUT2D eigenvalue weighted by Crippen LogP contribution is 2.39. The van der Waals surface area contributed by atoms with Gasteiger partial charge in [-0.3, -0.25) is 0 Å². The Morgan fingerprint density at radius 1 is 0.413 bits per heavy atom. The van der Waals surface area contributed by atoms with Crippen molar-refractivity contribution in [1.29, 1.82) is 0 Å². The van der Waals surface area contributed by atoms with Crippen LogP contribution in [0.1, 0.15) is 17.2 Å². The molecule has 2 atom stereocenters. The molecule has 0 aliphatic carbocycles. The molecule has 2 aromatic heterocycles. The monoisotopic (exact) mass is 588 g/mol. The summed E-state index contributed by atoms with van der Waals surface area (Å²) in [5, 5.41) is 6.46. The molecule has 216 valence electrons. The molecule has 7 aromatic carbocycles. The summed E-state index contributed by atoms with van der Waals surface area (Å²) < 4.78 is 4.90. The first-order chi connectivity index (χ1) is 22.8. The van der Waals surface area contributed by atoms with Gasteiger partial charge in [0, 0.05) is 38.9 Å². The number of benzene rings is 7. The van der Waals surface area contributed by atoms with E-state index in [4.69, 9.17) is 0 Å². The molecule has 0 saturated carbocycles. The van der Waals surface area contributed by atoms with Gasteiger partial charge in [-0.05, 0) is 65.7 Å². The zero-order valence-corrected chi connectivity index (χ0v) is 25.1. The van der Waals surface area contributed by atoms with Crippen LogP contribution in [-0.2, 0) is 0 Å². The number of para-hydroxylation sites is 4. The molecule has 0 radical (unpaired) electrons. The van der Waals surface area contributed by atoms with Crippen molar-refractivity contribution < 1.29 is 5.01 Å². The third kappa shape index (κ3) is 3.58. The van der Waals surface area contributed by atoms with Crippen LogP contribution >= 0.6 is 0 Å². The van der Waals surface area contributed by atoms with E-state index in [2.05, 4.69) is 179 Å². The van der Waals surface area contributed by atoms with E-state index in [1.54, 1.807) is 0 Å². The number of nitrogens with zero attached hydrogens (tertiary/aromatic N) is 2. The van der Waals surface area contributed by atoms with Gasteiger partial charge in [0.1, 0.15) is 11.0 Å². The largest absolute Gasteiger partial charge is 0.309 e. The van der Waals surface area contributed by atoms with Gasteiger partial charge in [0.25, 0.3) is 0 Å². The van der Waals surface area contributed by atoms with Gasteiger partial charge in [0.2, 0.25) is 0 Å². The predicted octanol–water partition coefficient (Wildman–Crippen LogP) is 9.64. The molecule has 0 amide bonds. The minimum Gasteiger partial charge on any atom is -0.309 e. The van der Waals surface area contributed by atoms with E-state index in [-0.39, 0.29) is 6.04 Å². The van der Waals surface area contributed by atoms with Crippen LogP contribution < -0.4 is 5.01 Å². The molecule has 2 unspecified atom stereocenters. The number of hydrogen-bond acceptors (Lipinski definition) is 0. The van der Waals surface area contributed by atoms with Crippen molar-refractivity contribution in [2.75, 3.05) is 0 Å². The lowest BCUT2D eigenvalue weighted by molar-refractivity contribution is -0.922. The van der Waals surface area contributed by atoms with E-state index in [0.29, 0.717) is 0 Å². The maximum atomic E-state index is 2.52. The Labute approximate surface area is 266 Å². The summed E-state index contributed by atoms with van der Waals surface area (Å²) in [6.45, 7) is 0. The van der Waals surface area contributed by atoms with Crippen LogP contribution in [0.4, 0.5) is 5.69 Å². The minimum atomic E-state index is 0.237. The Morgan fingerprint density at radius 2 is 0.935 bits per heavy atom. The molecule has 9 aromatic rings. The van der Waals surface area contributed by atoms with E-state index >= 15 is 0 Å². The molecular weight excluding hydrogens is 558 g/mol. The second-order valence-electron chi connectivity index (χ2n) is 12.3. The van der Waals surface area contributed by atoms with E-state index in [9.17, 15) is 0 Å². The Balaban J connectivity index is 1.17. The maximum absolute atomic E-state index is 2.52. The van der Waals surface area contributed by atoms with Gasteiger partial charge in [0.05, 0.1) is 16.6 Å². The van der Waals surface area contributed by atoms with E-state index in [1.807, 2.05) is 0 Å². The number of nitrogens with one attached hydrogen (secondary N) is 1. The number of quaternary nitrogens is 1. The van der Waals surface area contributed by atoms with Gasteiger partial charge in [-0.2, -0.15) is 9.69 Å². The number of rotatable bonds is 4. The van der Waals surface area contributed by atoms with Crippen molar-refractivity contribution in [3.05, 3.63) is 181 Å². The molecule has 3 nitrogen and oxygen atoms in total. The van der Waals surface area contributed by atoms with Gasteiger partial charge in [-0.15, -0.1) is 0 Å². The summed E-state index contributed by atoms with van der Waals surface area (Å²) in [5.74, 6) is 0. The molecule has 0 spiro atoms. The Kier molecular flexibility index (Phi) is 5.42. The predicted molar refractivity (Wildman–Crippen MR) is 190 cm³/mol. The SMILES string of the molecule is c1ccc(C2c3ccccc3[NH+]2n2c3ccccc3c3cc(-c4ccc5c(c4)c4ccccc4n5-c4ccccc4)ccc32)cc1. The van der Waals surface area contributed by atoms with Crippen molar-refractivity contribution in [1.82, 2.24) is 9.24 Å². The smallest absolute Gasteiger partial charge is 0.172 e. The zero-order chi connectivity index (χ0) is 30.2. The summed E-state index contributed by atoms with van der Waals surface area (Å²) in [6.07, 6.45) is 0. The number of fused-ring (bicyclic) bond motifs is 7. The molecule has 3 heteroatoms. The third-order valence-corrected chi connectivity index (χ3v) is 9.89. The van der Waals surface area contributed by atoms with Gasteiger partial charge < -0.3 is 4.57 Å². The van der Waals surface area contributed by atoms with Crippen LogP contribution in [0.3, 0.4) is 0 Å². The van der Waals surface area contributed by atoms with Crippen molar-refractivity contribution in [2.45, 2.75) is 6.04 Å². The fourth-order valence-corrected chi connectivity index (χ4v) is 7.86. The topological polar surface area (TPSA) is 14.3 Å². The van der Waals surface area contributed by atoms with E-state index < -0.39 is 0 Å². The van der Waals surface area contributed by atoms with Crippen LogP contribution in [0.25, 0.3) is 60.4 Å². The first kappa shape index (κ1) is 25.4. The third-order valence-electron chi connectivity index (χ3n) is 9.89. The van der Waals surface area contributed by atoms with Crippen molar-refractivity contribution in [2.24, 2.45) is 0 Å². The standard InChI is InChI=1S/C43H29N3/c1-3-13-29(14-4-1)43-35-19-9-12-22-41(35)46(43)45-40-21-11-8-18-34(40)37-28-31(24-26-42(37)45)30-23-25-39-36(27-30)33-17-7-10-20-38(33)44(39)32-15-5-2-6-16-32/h1-28,43H/p+1. The molecule has 0 fully saturated rings. The van der Waals surface area contributed by atoms with Crippen molar-refractivity contribution in [3.63, 3.8) is 0 Å². The Hall–Kier alpha value is -5.90. The summed E-state index contributed by atoms with van der Waals surface area (Å²) in [7, 11) is 0. The molecule has 1 aliphatic heterocycles. The van der Waals surface area contributed by atoms with Crippen LogP contribution in [0.15, 0.2) is 170 Å². The van der Waals surface area contributed by atoms with Crippen LogP contribution in [-0.4, -0.2) is 9.24 Å². The summed E-state index contributed by atoms with van der Waals surface area (Å²) >= 11 is 0. The molecule has 3 heterocycles. The highest BCUT2D eigenvalue weighted by molar-refractivity contribution is 6.12. The maximum Gasteiger partial charge on any atom is 0.172 e. The Bertz CT molecular complexity index is 2590. The first-order valence-electron chi connectivity index (χ1n) is 16.0. The molecule has 0 bridgehead atoms. The van der Waals surface area contributed by atoms with Gasteiger partial charge in [0.15, 0.2) is 11.7 Å². The quantitative estimate of drug-likeness (QED) is 0.210. The molecule has 0 saturated heterocycles. The molecule has 1 N–H and O–H groups in total. The summed E-state index contributed by atoms with van der Waals surface area (Å²) in [4.78, 5) is 0. The highest BCUT2D eigenvalue weighted by atomic mass is 15.6. The van der Waals surface area contributed by atoms with Crippen LogP contribution in [0.2, 0.25) is 0 Å². The summed E-state index contributed by atoms with van der Waals surface area (Å²) in [5.41, 5.74) is 12.7. The zero-order valence-electron chi connectivity index (χ0n) is 25.1. The number of aromatic nitrogens is 2. The van der Waals surface area contributed by atoms with Gasteiger partial charge in [-0.1, -0.05) is 109 Å². The van der Waals surface area contributed by atoms with E-state index in [1.165, 1.54) is 82.2 Å². The van der Waals surface area contributed by atoms with Crippen LogP contribution in [0.5, 0.6) is 0 Å². The lowest BCUT2D eigenvalue weighted by Crippen LogP contribution is -3.14. The fraction of sp³-hybridized carbons (Fsp3) is 0.0233. The molecular formula is C43H30N3+. The highest BCUT2D eigenvalue weighted by Gasteiger charge is 2.44. The fourth-order valence-electron chi connectivity index (χ4n) is 7.86. The van der Waals surface area contributed by atoms with Crippen LogP contribution in [0, 0.1) is 0 Å². The normalized spacial score (nSPS) is 15.8. The average molecular weight is 589 g/mol. The first-order valence-corrected chi connectivity index (χ1v) is 16.0. The van der Waals surface area contributed by atoms with Gasteiger partial charge >= 0.3 is 0 Å². The molecule has 46 heavy (non-hydrogen) atoms. The van der Waals surface area contributed by atoms with Crippen molar-refractivity contribution in [3.8, 4) is 16.8 Å². The lowest BCUT2D eigenvalue weighted by atomic mass is 9.89. The lowest BCUT2D eigenvalue weighted by Gasteiger charge is -2.39. The number of hydrogen-bond donors (Lipinski definition) is 1. The van der Waals surface area contributed by atoms with E-state index in [0.717, 1.165) is 0 Å². The molecule has 10 rings (SSSR count). The summed E-state index contributed by atoms with van der Waals surface area (Å²) in [6, 6.07) is 62.3. The van der Waals surface area contributed by atoms with Gasteiger partial charge in [-0.25, -0.2) is 0 Å². The second-order valence-corrected chi connectivity index (χ2v) is 12.3.